The average Bonchev–Trinajstić information content (AvgIpc) is 3.66. The monoisotopic (exact) mass is 548 g/mol. The summed E-state index contributed by atoms with van der Waals surface area (Å²) in [5, 5.41) is 12.2. The van der Waals surface area contributed by atoms with Crippen LogP contribution in [-0.4, -0.2) is 72.5 Å². The molecule has 0 radical (unpaired) electrons. The van der Waals surface area contributed by atoms with Crippen LogP contribution >= 0.6 is 11.3 Å². The number of ether oxygens (including phenoxy) is 1. The minimum atomic E-state index is -0.122. The number of nitrogens with zero attached hydrogens (tertiary/aromatic N) is 4. The molecule has 3 aromatic heterocycles. The zero-order chi connectivity index (χ0) is 27.5. The Morgan fingerprint density at radius 1 is 1.18 bits per heavy atom. The van der Waals surface area contributed by atoms with Crippen molar-refractivity contribution in [3.05, 3.63) is 46.3 Å². The van der Waals surface area contributed by atoms with Crippen molar-refractivity contribution in [2.45, 2.75) is 19.8 Å². The summed E-state index contributed by atoms with van der Waals surface area (Å²) in [5.41, 5.74) is 3.85. The number of likely N-dealkylation sites (N-methyl/N-ethyl adjacent to an activating group) is 1. The van der Waals surface area contributed by atoms with Crippen LogP contribution in [0.2, 0.25) is 0 Å². The van der Waals surface area contributed by atoms with E-state index in [4.69, 9.17) is 9.72 Å². The molecule has 0 saturated heterocycles. The highest BCUT2D eigenvalue weighted by Crippen LogP contribution is 2.39. The first kappa shape index (κ1) is 26.4. The Labute approximate surface area is 230 Å². The van der Waals surface area contributed by atoms with Crippen LogP contribution in [0.1, 0.15) is 28.6 Å². The number of benzene rings is 1. The highest BCUT2D eigenvalue weighted by Gasteiger charge is 2.27. The molecule has 0 aliphatic carbocycles. The van der Waals surface area contributed by atoms with Gasteiger partial charge in [-0.25, -0.2) is 0 Å². The first-order chi connectivity index (χ1) is 18.9. The van der Waals surface area contributed by atoms with Gasteiger partial charge in [0.15, 0.2) is 0 Å². The highest BCUT2D eigenvalue weighted by molar-refractivity contribution is 7.12. The first-order valence-corrected chi connectivity index (χ1v) is 13.7. The van der Waals surface area contributed by atoms with Crippen molar-refractivity contribution in [2.24, 2.45) is 0 Å². The van der Waals surface area contributed by atoms with E-state index in [1.165, 1.54) is 11.3 Å². The van der Waals surface area contributed by atoms with Crippen LogP contribution in [-0.2, 0) is 11.2 Å². The first-order valence-electron chi connectivity index (χ1n) is 12.8. The minimum Gasteiger partial charge on any atom is -0.495 e. The largest absolute Gasteiger partial charge is 0.495 e. The number of anilines is 5. The molecule has 1 aliphatic rings. The molecule has 0 spiro atoms. The lowest BCUT2D eigenvalue weighted by Gasteiger charge is -2.21. The molecule has 4 heterocycles. The average molecular weight is 549 g/mol. The summed E-state index contributed by atoms with van der Waals surface area (Å²) in [5.74, 6) is 1.44. The quantitative estimate of drug-likeness (QED) is 0.233. The molecule has 4 aromatic rings. The Morgan fingerprint density at radius 3 is 2.79 bits per heavy atom. The number of fused-ring (bicyclic) bond motifs is 2. The molecule has 39 heavy (non-hydrogen) atoms. The third-order valence-corrected chi connectivity index (χ3v) is 7.28. The molecular formula is C27H32N8O3S. The molecular weight excluding hydrogens is 516 g/mol. The fourth-order valence-electron chi connectivity index (χ4n) is 4.54. The van der Waals surface area contributed by atoms with E-state index in [-0.39, 0.29) is 11.8 Å². The number of thiophene rings is 1. The molecule has 1 aromatic carbocycles. The van der Waals surface area contributed by atoms with Gasteiger partial charge >= 0.3 is 0 Å². The number of amides is 2. The molecule has 0 fully saturated rings. The van der Waals surface area contributed by atoms with E-state index in [1.807, 2.05) is 60.5 Å². The second kappa shape index (κ2) is 11.3. The van der Waals surface area contributed by atoms with Crippen molar-refractivity contribution in [1.82, 2.24) is 25.2 Å². The van der Waals surface area contributed by atoms with E-state index in [0.717, 1.165) is 29.5 Å². The van der Waals surface area contributed by atoms with Gasteiger partial charge in [-0.15, -0.1) is 11.3 Å². The summed E-state index contributed by atoms with van der Waals surface area (Å²) < 4.78 is 5.67. The van der Waals surface area contributed by atoms with Crippen molar-refractivity contribution in [1.29, 1.82) is 0 Å². The number of aromatic amines is 1. The Morgan fingerprint density at radius 2 is 2.03 bits per heavy atom. The molecule has 11 nitrogen and oxygen atoms in total. The molecule has 5 rings (SSSR count). The third-order valence-electron chi connectivity index (χ3n) is 6.37. The maximum atomic E-state index is 12.9. The molecule has 12 heteroatoms. The lowest BCUT2D eigenvalue weighted by molar-refractivity contribution is -0.119. The van der Waals surface area contributed by atoms with Gasteiger partial charge in [0.05, 0.1) is 30.4 Å². The number of rotatable bonds is 10. The minimum absolute atomic E-state index is 0.0416. The molecule has 0 atom stereocenters. The van der Waals surface area contributed by atoms with Gasteiger partial charge in [-0.3, -0.25) is 9.59 Å². The van der Waals surface area contributed by atoms with Crippen LogP contribution < -0.4 is 25.6 Å². The Bertz CT molecular complexity index is 1510. The van der Waals surface area contributed by atoms with Gasteiger partial charge in [0, 0.05) is 25.0 Å². The van der Waals surface area contributed by atoms with E-state index in [0.29, 0.717) is 59.0 Å². The molecule has 1 aliphatic heterocycles. The zero-order valence-corrected chi connectivity index (χ0v) is 23.2. The Kier molecular flexibility index (Phi) is 7.66. The number of carbonyl (C=O) groups is 2. The Balaban J connectivity index is 1.46. The van der Waals surface area contributed by atoms with Crippen molar-refractivity contribution >= 4 is 63.0 Å². The van der Waals surface area contributed by atoms with Crippen LogP contribution in [0, 0.1) is 0 Å². The van der Waals surface area contributed by atoms with Crippen molar-refractivity contribution in [3.8, 4) is 5.75 Å². The zero-order valence-electron chi connectivity index (χ0n) is 22.4. The number of hydrogen-bond acceptors (Lipinski definition) is 9. The molecule has 4 N–H and O–H groups in total. The number of H-pyrrole nitrogens is 1. The molecule has 0 saturated carbocycles. The number of hydrogen-bond donors (Lipinski definition) is 4. The van der Waals surface area contributed by atoms with Gasteiger partial charge in [0.2, 0.25) is 11.9 Å². The highest BCUT2D eigenvalue weighted by atomic mass is 32.1. The smallest absolute Gasteiger partial charge is 0.263 e. The maximum Gasteiger partial charge on any atom is 0.263 e. The molecule has 0 bridgehead atoms. The second-order valence-corrected chi connectivity index (χ2v) is 10.4. The van der Waals surface area contributed by atoms with Gasteiger partial charge < -0.3 is 35.5 Å². The van der Waals surface area contributed by atoms with Gasteiger partial charge in [-0.05, 0) is 62.1 Å². The van der Waals surface area contributed by atoms with Crippen LogP contribution in [0.4, 0.5) is 28.8 Å². The van der Waals surface area contributed by atoms with Crippen LogP contribution in [0.5, 0.6) is 5.75 Å². The van der Waals surface area contributed by atoms with E-state index in [9.17, 15) is 9.59 Å². The van der Waals surface area contributed by atoms with Crippen molar-refractivity contribution < 1.29 is 14.3 Å². The van der Waals surface area contributed by atoms with E-state index in [2.05, 4.69) is 25.9 Å². The van der Waals surface area contributed by atoms with Gasteiger partial charge in [0.25, 0.3) is 5.91 Å². The predicted molar refractivity (Wildman–Crippen MR) is 155 cm³/mol. The summed E-state index contributed by atoms with van der Waals surface area (Å²) in [4.78, 5) is 42.3. The topological polar surface area (TPSA) is 128 Å². The Hall–Kier alpha value is -4.16. The number of aromatic nitrogens is 3. The van der Waals surface area contributed by atoms with Gasteiger partial charge in [0.1, 0.15) is 22.1 Å². The molecule has 0 unspecified atom stereocenters. The van der Waals surface area contributed by atoms with Crippen LogP contribution in [0.3, 0.4) is 0 Å². The predicted octanol–water partition coefficient (Wildman–Crippen LogP) is 4.11. The molecule has 2 amide bonds. The maximum absolute atomic E-state index is 12.9. The fourth-order valence-corrected chi connectivity index (χ4v) is 5.30. The van der Waals surface area contributed by atoms with Gasteiger partial charge in [-0.2, -0.15) is 9.97 Å². The van der Waals surface area contributed by atoms with Crippen LogP contribution in [0.25, 0.3) is 11.0 Å². The van der Waals surface area contributed by atoms with E-state index < -0.39 is 0 Å². The third kappa shape index (κ3) is 5.52. The molecule has 204 valence electrons. The second-order valence-electron chi connectivity index (χ2n) is 9.52. The normalized spacial score (nSPS) is 12.6. The van der Waals surface area contributed by atoms with Crippen molar-refractivity contribution in [3.63, 3.8) is 0 Å². The van der Waals surface area contributed by atoms with E-state index >= 15 is 0 Å². The number of carbonyl (C=O) groups excluding carboxylic acids is 2. The summed E-state index contributed by atoms with van der Waals surface area (Å²) in [7, 11) is 5.37. The number of methoxy groups -OCH3 is 1. The van der Waals surface area contributed by atoms with Gasteiger partial charge in [-0.1, -0.05) is 6.92 Å². The summed E-state index contributed by atoms with van der Waals surface area (Å²) in [6, 6.07) is 7.62. The summed E-state index contributed by atoms with van der Waals surface area (Å²) in [6.45, 7) is 3.58. The summed E-state index contributed by atoms with van der Waals surface area (Å²) >= 11 is 1.37. The van der Waals surface area contributed by atoms with Crippen molar-refractivity contribution in [2.75, 3.05) is 56.4 Å². The lowest BCUT2D eigenvalue weighted by atomic mass is 10.1. The lowest BCUT2D eigenvalue weighted by Crippen LogP contribution is -2.36. The number of nitrogens with one attached hydrogen (secondary N) is 4. The fraction of sp³-hybridized carbons (Fsp3) is 0.333. The van der Waals surface area contributed by atoms with E-state index in [1.54, 1.807) is 13.3 Å². The summed E-state index contributed by atoms with van der Waals surface area (Å²) in [6.07, 6.45) is 3.42. The van der Waals surface area contributed by atoms with Crippen LogP contribution in [0.15, 0.2) is 35.8 Å². The SMILES string of the molecule is CCCNC(=O)c1sccc1Nc1nc(Nc2cc3c(cc2OC)CCN3C(=O)CN(C)C)nc2[nH]ccc12. The standard InChI is InChI=1S/C27H32N8O3S/c1-5-9-29-26(37)23-18(8-12-39-23)30-25-17-6-10-28-24(17)32-27(33-25)31-19-14-20-16(13-21(19)38-4)7-11-35(20)22(36)15-34(2)3/h6,8,10,12-14H,5,7,9,11,15H2,1-4H3,(H,29,37)(H3,28,30,31,32,33).